The molecule has 0 aromatic heterocycles. The largest absolute Gasteiger partial charge is 0.468 e. The van der Waals surface area contributed by atoms with Crippen LogP contribution in [0, 0.1) is 0 Å². The fourth-order valence-electron chi connectivity index (χ4n) is 2.65. The van der Waals surface area contributed by atoms with Gasteiger partial charge in [-0.15, -0.1) is 0 Å². The van der Waals surface area contributed by atoms with E-state index in [0.717, 1.165) is 25.9 Å². The highest BCUT2D eigenvalue weighted by molar-refractivity contribution is 5.76. The average Bonchev–Trinajstić information content (AvgIpc) is 2.80. The highest BCUT2D eigenvalue weighted by atomic mass is 16.7. The van der Waals surface area contributed by atoms with Gasteiger partial charge in [-0.3, -0.25) is 9.69 Å². The maximum Gasteiger partial charge on any atom is 0.323 e. The molecule has 6 nitrogen and oxygen atoms in total. The van der Waals surface area contributed by atoms with Crippen LogP contribution in [0.15, 0.2) is 0 Å². The number of ether oxygens (including phenoxy) is 3. The van der Waals surface area contributed by atoms with E-state index in [4.69, 9.17) is 14.2 Å². The molecule has 1 N–H and O–H groups in total. The van der Waals surface area contributed by atoms with Crippen molar-refractivity contribution in [3.8, 4) is 0 Å². The smallest absolute Gasteiger partial charge is 0.323 e. The maximum absolute atomic E-state index is 11.6. The molecule has 19 heavy (non-hydrogen) atoms. The third-order valence-corrected chi connectivity index (χ3v) is 3.67. The van der Waals surface area contributed by atoms with E-state index in [1.54, 1.807) is 0 Å². The molecule has 110 valence electrons. The molecule has 0 saturated carbocycles. The number of rotatable bonds is 5. The van der Waals surface area contributed by atoms with E-state index in [-0.39, 0.29) is 18.3 Å². The number of hydrogen-bond acceptors (Lipinski definition) is 6. The molecule has 0 aromatic rings. The molecule has 6 heteroatoms. The highest BCUT2D eigenvalue weighted by Crippen LogP contribution is 2.19. The van der Waals surface area contributed by atoms with Crippen molar-refractivity contribution in [3.05, 3.63) is 0 Å². The zero-order valence-corrected chi connectivity index (χ0v) is 11.4. The van der Waals surface area contributed by atoms with Gasteiger partial charge in [0.05, 0.1) is 19.8 Å². The summed E-state index contributed by atoms with van der Waals surface area (Å²) in [4.78, 5) is 13.5. The molecule has 3 atom stereocenters. The summed E-state index contributed by atoms with van der Waals surface area (Å²) in [7, 11) is 1.37. The number of nitrogens with zero attached hydrogens (tertiary/aromatic N) is 1. The van der Waals surface area contributed by atoms with Gasteiger partial charge in [-0.1, -0.05) is 0 Å². The molecule has 0 spiro atoms. The van der Waals surface area contributed by atoms with Crippen molar-refractivity contribution in [2.75, 3.05) is 33.4 Å². The summed E-state index contributed by atoms with van der Waals surface area (Å²) in [5.41, 5.74) is 0. The van der Waals surface area contributed by atoms with E-state index in [9.17, 15) is 9.90 Å². The Hall–Kier alpha value is -0.690. The first kappa shape index (κ1) is 14.7. The minimum atomic E-state index is -0.463. The van der Waals surface area contributed by atoms with Crippen LogP contribution in [-0.4, -0.2) is 67.8 Å². The lowest BCUT2D eigenvalue weighted by Gasteiger charge is -2.25. The zero-order chi connectivity index (χ0) is 13.7. The second-order valence-electron chi connectivity index (χ2n) is 5.09. The summed E-state index contributed by atoms with van der Waals surface area (Å²) in [5, 5.41) is 9.65. The maximum atomic E-state index is 11.6. The Morgan fingerprint density at radius 2 is 2.32 bits per heavy atom. The van der Waals surface area contributed by atoms with Crippen LogP contribution in [0.3, 0.4) is 0 Å². The third kappa shape index (κ3) is 4.14. The van der Waals surface area contributed by atoms with Crippen molar-refractivity contribution >= 4 is 5.97 Å². The summed E-state index contributed by atoms with van der Waals surface area (Å²) in [6.07, 6.45) is 3.03. The second-order valence-corrected chi connectivity index (χ2v) is 5.09. The standard InChI is InChI=1S/C13H23NO5/c1-17-13(16)11-8-10(15)9-14(11)5-7-19-12-4-2-3-6-18-12/h10-12,15H,2-9H2,1H3. The summed E-state index contributed by atoms with van der Waals surface area (Å²) in [5.74, 6) is -0.287. The molecule has 2 aliphatic rings. The first-order valence-electron chi connectivity index (χ1n) is 6.94. The van der Waals surface area contributed by atoms with E-state index >= 15 is 0 Å². The van der Waals surface area contributed by atoms with Crippen LogP contribution >= 0.6 is 0 Å². The normalized spacial score (nSPS) is 32.4. The van der Waals surface area contributed by atoms with Gasteiger partial charge in [-0.05, 0) is 19.3 Å². The van der Waals surface area contributed by atoms with Gasteiger partial charge in [0.25, 0.3) is 0 Å². The molecule has 3 unspecified atom stereocenters. The lowest BCUT2D eigenvalue weighted by atomic mass is 10.2. The van der Waals surface area contributed by atoms with E-state index < -0.39 is 6.10 Å². The number of hydrogen-bond donors (Lipinski definition) is 1. The van der Waals surface area contributed by atoms with Crippen LogP contribution in [0.5, 0.6) is 0 Å². The number of aliphatic hydroxyl groups excluding tert-OH is 1. The first-order chi connectivity index (χ1) is 9.20. The lowest BCUT2D eigenvalue weighted by molar-refractivity contribution is -0.165. The van der Waals surface area contributed by atoms with Gasteiger partial charge in [-0.2, -0.15) is 0 Å². The fourth-order valence-corrected chi connectivity index (χ4v) is 2.65. The number of likely N-dealkylation sites (tertiary alicyclic amines) is 1. The molecule has 2 heterocycles. The van der Waals surface area contributed by atoms with Gasteiger partial charge in [0.1, 0.15) is 6.04 Å². The summed E-state index contributed by atoms with van der Waals surface area (Å²) in [6, 6.07) is -0.351. The highest BCUT2D eigenvalue weighted by Gasteiger charge is 2.36. The molecule has 0 bridgehead atoms. The van der Waals surface area contributed by atoms with E-state index in [1.807, 2.05) is 4.90 Å². The lowest BCUT2D eigenvalue weighted by Crippen LogP contribution is -2.39. The van der Waals surface area contributed by atoms with Crippen molar-refractivity contribution in [2.24, 2.45) is 0 Å². The van der Waals surface area contributed by atoms with Crippen molar-refractivity contribution < 1.29 is 24.1 Å². The summed E-state index contributed by atoms with van der Waals surface area (Å²) in [6.45, 7) is 2.37. The average molecular weight is 273 g/mol. The van der Waals surface area contributed by atoms with E-state index in [1.165, 1.54) is 7.11 Å². The van der Waals surface area contributed by atoms with Gasteiger partial charge < -0.3 is 19.3 Å². The van der Waals surface area contributed by atoms with Crippen LogP contribution in [-0.2, 0) is 19.0 Å². The monoisotopic (exact) mass is 273 g/mol. The fraction of sp³-hybridized carbons (Fsp3) is 0.923. The number of aliphatic hydroxyl groups is 1. The van der Waals surface area contributed by atoms with Crippen molar-refractivity contribution in [1.82, 2.24) is 4.90 Å². The number of β-amino-alcohol motifs (C(OH)–C–C–N with tert-alkyl or cyclic N) is 1. The Morgan fingerprint density at radius 1 is 1.47 bits per heavy atom. The van der Waals surface area contributed by atoms with Gasteiger partial charge in [-0.25, -0.2) is 0 Å². The topological polar surface area (TPSA) is 68.2 Å². The summed E-state index contributed by atoms with van der Waals surface area (Å²) < 4.78 is 15.9. The molecule has 0 aromatic carbocycles. The Kier molecular flexibility index (Phi) is 5.57. The zero-order valence-electron chi connectivity index (χ0n) is 11.4. The molecule has 2 rings (SSSR count). The predicted octanol–water partition coefficient (Wildman–Crippen LogP) is 0.138. The number of carbonyl (C=O) groups is 1. The first-order valence-corrected chi connectivity index (χ1v) is 6.94. The quantitative estimate of drug-likeness (QED) is 0.719. The molecule has 0 amide bonds. The number of esters is 1. The Balaban J connectivity index is 1.72. The Bertz CT molecular complexity index is 293. The van der Waals surface area contributed by atoms with Crippen molar-refractivity contribution in [1.29, 1.82) is 0 Å². The second kappa shape index (κ2) is 7.19. The molecule has 0 radical (unpaired) electrons. The van der Waals surface area contributed by atoms with Crippen molar-refractivity contribution in [3.63, 3.8) is 0 Å². The summed E-state index contributed by atoms with van der Waals surface area (Å²) >= 11 is 0. The SMILES string of the molecule is COC(=O)C1CC(O)CN1CCOC1CCCCO1. The van der Waals surface area contributed by atoms with Crippen LogP contribution in [0.4, 0.5) is 0 Å². The predicted molar refractivity (Wildman–Crippen MR) is 67.5 cm³/mol. The molecule has 2 aliphatic heterocycles. The van der Waals surface area contributed by atoms with Gasteiger partial charge >= 0.3 is 5.97 Å². The molecular weight excluding hydrogens is 250 g/mol. The van der Waals surface area contributed by atoms with Gasteiger partial charge in [0.15, 0.2) is 6.29 Å². The number of carbonyl (C=O) groups excluding carboxylic acids is 1. The van der Waals surface area contributed by atoms with Crippen LogP contribution in [0.2, 0.25) is 0 Å². The third-order valence-electron chi connectivity index (χ3n) is 3.67. The minimum Gasteiger partial charge on any atom is -0.468 e. The van der Waals surface area contributed by atoms with Gasteiger partial charge in [0, 0.05) is 26.1 Å². The van der Waals surface area contributed by atoms with E-state index in [2.05, 4.69) is 0 Å². The van der Waals surface area contributed by atoms with Crippen LogP contribution in [0.1, 0.15) is 25.7 Å². The van der Waals surface area contributed by atoms with Gasteiger partial charge in [0.2, 0.25) is 0 Å². The van der Waals surface area contributed by atoms with Crippen LogP contribution < -0.4 is 0 Å². The number of methoxy groups -OCH3 is 1. The molecular formula is C13H23NO5. The minimum absolute atomic E-state index is 0.113. The van der Waals surface area contributed by atoms with Crippen molar-refractivity contribution in [2.45, 2.75) is 44.1 Å². The Morgan fingerprint density at radius 3 is 3.00 bits per heavy atom. The van der Waals surface area contributed by atoms with Crippen LogP contribution in [0.25, 0.3) is 0 Å². The molecule has 2 fully saturated rings. The molecule has 2 saturated heterocycles. The van der Waals surface area contributed by atoms with E-state index in [0.29, 0.717) is 26.1 Å². The Labute approximate surface area is 113 Å². The molecule has 0 aliphatic carbocycles.